The van der Waals surface area contributed by atoms with Crippen molar-refractivity contribution in [2.75, 3.05) is 63.9 Å². The molecule has 0 radical (unpaired) electrons. The molecule has 4 amide bonds. The fraction of sp³-hybridized carbons (Fsp3) is 0.509. The summed E-state index contributed by atoms with van der Waals surface area (Å²) < 4.78 is 78.2. The Balaban J connectivity index is 0.677. The molecule has 4 aliphatic heterocycles. The zero-order chi connectivity index (χ0) is 53.2. The van der Waals surface area contributed by atoms with E-state index in [1.807, 2.05) is 37.3 Å². The van der Waals surface area contributed by atoms with Crippen molar-refractivity contribution in [1.82, 2.24) is 30.2 Å². The van der Waals surface area contributed by atoms with Crippen LogP contribution in [0.4, 0.5) is 28.2 Å². The molecule has 4 aromatic carbocycles. The van der Waals surface area contributed by atoms with Gasteiger partial charge in [0, 0.05) is 79.4 Å². The number of aliphatic hydroxyl groups excluding tert-OH is 1. The summed E-state index contributed by atoms with van der Waals surface area (Å²) in [6.07, 6.45) is 10.2. The van der Waals surface area contributed by atoms with Crippen LogP contribution < -0.4 is 30.7 Å². The number of primary amides is 1. The highest BCUT2D eigenvalue weighted by molar-refractivity contribution is 6.34. The third-order valence-electron chi connectivity index (χ3n) is 18.0. The molecule has 14 nitrogen and oxygen atoms in total. The van der Waals surface area contributed by atoms with Crippen molar-refractivity contribution in [1.29, 1.82) is 0 Å². The highest BCUT2D eigenvalue weighted by Gasteiger charge is 2.51. The molecule has 5 heterocycles. The van der Waals surface area contributed by atoms with Gasteiger partial charge in [-0.25, -0.2) is 22.4 Å². The second-order valence-electron chi connectivity index (χ2n) is 22.2. The molecule has 5 N–H and O–H groups in total. The zero-order valence-electron chi connectivity index (χ0n) is 42.9. The van der Waals surface area contributed by atoms with Crippen LogP contribution in [0.3, 0.4) is 0 Å². The predicted octanol–water partition coefficient (Wildman–Crippen LogP) is 9.03. The molecule has 11 rings (SSSR count). The van der Waals surface area contributed by atoms with Gasteiger partial charge in [0.1, 0.15) is 29.5 Å². The Morgan fingerprint density at radius 2 is 1.64 bits per heavy atom. The van der Waals surface area contributed by atoms with Crippen LogP contribution in [0.2, 0.25) is 5.02 Å². The Bertz CT molecular complexity index is 3060. The van der Waals surface area contributed by atoms with Crippen molar-refractivity contribution in [2.24, 2.45) is 24.1 Å². The number of halogens is 5. The Kier molecular flexibility index (Phi) is 14.4. The third-order valence-corrected chi connectivity index (χ3v) is 18.3. The van der Waals surface area contributed by atoms with Crippen LogP contribution in [0.1, 0.15) is 116 Å². The molecule has 5 aromatic rings. The van der Waals surface area contributed by atoms with Crippen LogP contribution in [0.25, 0.3) is 22.0 Å². The Morgan fingerprint density at radius 3 is 2.33 bits per heavy atom. The van der Waals surface area contributed by atoms with E-state index >= 15 is 17.6 Å². The minimum atomic E-state index is -1.05. The quantitative estimate of drug-likeness (QED) is 0.0789. The van der Waals surface area contributed by atoms with E-state index in [-0.39, 0.29) is 93.6 Å². The molecule has 6 aliphatic rings. The van der Waals surface area contributed by atoms with Crippen LogP contribution in [0, 0.1) is 34.6 Å². The highest BCUT2D eigenvalue weighted by atomic mass is 35.5. The summed E-state index contributed by atoms with van der Waals surface area (Å²) >= 11 is 6.74. The van der Waals surface area contributed by atoms with Gasteiger partial charge in [0.05, 0.1) is 22.6 Å². The minimum Gasteiger partial charge on any atom is -0.488 e. The zero-order valence-corrected chi connectivity index (χ0v) is 43.7. The second kappa shape index (κ2) is 20.9. The normalized spacial score (nSPS) is 24.4. The summed E-state index contributed by atoms with van der Waals surface area (Å²) in [6.45, 7) is 6.62. The number of aromatic nitrogens is 2. The maximum atomic E-state index is 16.5. The first-order valence-corrected chi connectivity index (χ1v) is 27.2. The Labute approximate surface area is 444 Å². The number of aryl methyl sites for hydroxylation is 1. The molecule has 2 saturated carbocycles. The highest BCUT2D eigenvalue weighted by Crippen LogP contribution is 2.57. The van der Waals surface area contributed by atoms with E-state index in [4.69, 9.17) is 26.8 Å². The van der Waals surface area contributed by atoms with Crippen molar-refractivity contribution < 1.29 is 46.5 Å². The van der Waals surface area contributed by atoms with Gasteiger partial charge in [-0.2, -0.15) is 5.10 Å². The second-order valence-corrected chi connectivity index (χ2v) is 22.6. The number of urea groups is 1. The number of carbonyl (C=O) groups excluding carboxylic acids is 3. The molecule has 0 unspecified atom stereocenters. The van der Waals surface area contributed by atoms with Crippen molar-refractivity contribution >= 4 is 46.2 Å². The van der Waals surface area contributed by atoms with Crippen molar-refractivity contribution in [2.45, 2.75) is 107 Å². The number of nitrogens with zero attached hydrogens (tertiary/aromatic N) is 5. The predicted molar refractivity (Wildman–Crippen MR) is 280 cm³/mol. The van der Waals surface area contributed by atoms with E-state index in [0.717, 1.165) is 76.8 Å². The molecule has 1 aromatic heterocycles. The lowest BCUT2D eigenvalue weighted by Crippen LogP contribution is -2.56. The van der Waals surface area contributed by atoms with Gasteiger partial charge in [-0.15, -0.1) is 0 Å². The van der Waals surface area contributed by atoms with Crippen molar-refractivity contribution in [3.63, 3.8) is 0 Å². The Hall–Kier alpha value is -5.79. The summed E-state index contributed by atoms with van der Waals surface area (Å²) in [7, 11) is 1.59. The van der Waals surface area contributed by atoms with E-state index in [1.54, 1.807) is 7.05 Å². The van der Waals surface area contributed by atoms with E-state index in [1.165, 1.54) is 46.7 Å². The number of carbonyl (C=O) groups is 3. The van der Waals surface area contributed by atoms with Gasteiger partial charge in [0.15, 0.2) is 28.8 Å². The van der Waals surface area contributed by atoms with Crippen molar-refractivity contribution in [3.8, 4) is 22.6 Å². The average molecular weight is 1070 g/mol. The third kappa shape index (κ3) is 9.38. The molecule has 1 spiro atoms. The molecule has 3 saturated heterocycles. The van der Waals surface area contributed by atoms with E-state index in [0.29, 0.717) is 42.3 Å². The summed E-state index contributed by atoms with van der Waals surface area (Å²) in [4.78, 5) is 43.5. The summed E-state index contributed by atoms with van der Waals surface area (Å²) in [6, 6.07) is 14.8. The number of aliphatic hydroxyl groups is 1. The van der Waals surface area contributed by atoms with Gasteiger partial charge in [0.2, 0.25) is 11.8 Å². The number of benzene rings is 4. The first kappa shape index (κ1) is 52.3. The number of piperidine rings is 2. The van der Waals surface area contributed by atoms with E-state index < -0.39 is 52.6 Å². The molecule has 76 heavy (non-hydrogen) atoms. The number of hydrogen-bond donors (Lipinski definition) is 4. The van der Waals surface area contributed by atoms with Crippen molar-refractivity contribution in [3.05, 3.63) is 105 Å². The number of rotatable bonds is 14. The van der Waals surface area contributed by atoms with E-state index in [9.17, 15) is 19.5 Å². The van der Waals surface area contributed by atoms with Gasteiger partial charge < -0.3 is 35.4 Å². The number of amides is 4. The molecular weight excluding hydrogens is 1000 g/mol. The summed E-state index contributed by atoms with van der Waals surface area (Å²) in [5.74, 6) is -4.50. The lowest BCUT2D eigenvalue weighted by molar-refractivity contribution is -0.120. The largest absolute Gasteiger partial charge is 0.488 e. The number of nitrogens with two attached hydrogens (primary N) is 1. The maximum absolute atomic E-state index is 16.5. The monoisotopic (exact) mass is 1070 g/mol. The smallest absolute Gasteiger partial charge is 0.329 e. The van der Waals surface area contributed by atoms with Gasteiger partial charge >= 0.3 is 6.03 Å². The van der Waals surface area contributed by atoms with Gasteiger partial charge in [-0.3, -0.25) is 24.5 Å². The van der Waals surface area contributed by atoms with E-state index in [2.05, 4.69) is 25.5 Å². The molecule has 404 valence electrons. The number of nitrogens with one attached hydrogen (secondary N) is 2. The molecule has 0 bridgehead atoms. The molecular formula is C57H65ClF4N8O6. The topological polar surface area (TPSA) is 168 Å². The van der Waals surface area contributed by atoms with Crippen LogP contribution in [0.15, 0.2) is 54.6 Å². The number of hydrogen-bond acceptors (Lipinski definition) is 10. The fourth-order valence-electron chi connectivity index (χ4n) is 13.8. The number of ether oxygens (including phenoxy) is 2. The number of anilines is 1. The fourth-order valence-corrected chi connectivity index (χ4v) is 14.0. The van der Waals surface area contributed by atoms with Gasteiger partial charge in [-0.1, -0.05) is 48.9 Å². The SMILES string of the molecule is C[C@H]1c2c(cc(F)c(Cl)c2-c2c(C(N)=O)ccc(OCCO)c2F)O[C@]1(CNC1CCC(CN2CCC3(CC2)CC(N2CCC(c4c(F)cc5c(N6CCC(=O)NC6=O)nn(C)c5c4F)CC2)C3)CC1)c1ccccc1. The lowest BCUT2D eigenvalue weighted by atomic mass is 9.59. The molecule has 19 heteroatoms. The number of fused-ring (bicyclic) bond motifs is 2. The van der Waals surface area contributed by atoms with Gasteiger partial charge in [0.25, 0.3) is 0 Å². The van der Waals surface area contributed by atoms with Gasteiger partial charge in [-0.05, 0) is 131 Å². The minimum absolute atomic E-state index is 0.0279. The van der Waals surface area contributed by atoms with Crippen LogP contribution >= 0.6 is 11.6 Å². The first-order chi connectivity index (χ1) is 36.6. The average Bonchev–Trinajstić information content (AvgIpc) is 3.88. The molecule has 5 fully saturated rings. The van der Waals surface area contributed by atoms with Crippen LogP contribution in [0.5, 0.6) is 11.5 Å². The standard InChI is InChI=1S/C57H65ClF4N8O6/c1-32-45-43(27-41(60)49(58)48(45)47-38(53(63)73)12-13-42(50(47)61)75-25-24-71)76-57(32,35-6-4-3-5-7-35)31-64-36-10-8-33(9-11-36)30-68-22-17-56(18-23-68)28-37(29-56)69-19-14-34(15-20-69)46-40(59)26-39-52(51(46)62)67(2)66-54(39)70-21-16-44(72)65-55(70)74/h3-7,12-13,26-27,32-34,36-37,64,71H,8-11,14-25,28-31H2,1-2H3,(H2,63,73)(H,65,72,74)/t32-,33?,36?,57-/m0/s1. The van der Waals surface area contributed by atoms with Crippen LogP contribution in [-0.4, -0.2) is 114 Å². The molecule has 2 aliphatic carbocycles. The Morgan fingerprint density at radius 1 is 0.921 bits per heavy atom. The number of likely N-dealkylation sites (tertiary alicyclic amines) is 2. The summed E-state index contributed by atoms with van der Waals surface area (Å²) in [5, 5.41) is 19.7. The molecule has 2 atom stereocenters. The maximum Gasteiger partial charge on any atom is 0.329 e. The summed E-state index contributed by atoms with van der Waals surface area (Å²) in [5.41, 5.74) is 6.09. The number of imide groups is 1. The first-order valence-electron chi connectivity index (χ1n) is 26.9. The van der Waals surface area contributed by atoms with Crippen LogP contribution in [-0.2, 0) is 17.4 Å². The lowest BCUT2D eigenvalue weighted by Gasteiger charge is -2.56.